The van der Waals surface area contributed by atoms with E-state index in [9.17, 15) is 13.2 Å². The van der Waals surface area contributed by atoms with Crippen LogP contribution in [0.5, 0.6) is 5.75 Å². The Hall–Kier alpha value is -3.12. The lowest BCUT2D eigenvalue weighted by molar-refractivity contribution is 0.103. The zero-order valence-corrected chi connectivity index (χ0v) is 14.9. The van der Waals surface area contributed by atoms with Crippen molar-refractivity contribution in [3.8, 4) is 5.75 Å². The maximum Gasteiger partial charge on any atom is 0.262 e. The number of anilines is 1. The number of ketones is 1. The number of ether oxygens (including phenoxy) is 1. The van der Waals surface area contributed by atoms with Crippen LogP contribution in [0.2, 0.25) is 0 Å². The van der Waals surface area contributed by atoms with Crippen molar-refractivity contribution < 1.29 is 17.9 Å². The third-order valence-corrected chi connectivity index (χ3v) is 5.24. The molecule has 0 aromatic heterocycles. The van der Waals surface area contributed by atoms with Crippen LogP contribution < -0.4 is 9.46 Å². The summed E-state index contributed by atoms with van der Waals surface area (Å²) in [6.07, 6.45) is 0. The van der Waals surface area contributed by atoms with Crippen molar-refractivity contribution >= 4 is 21.5 Å². The van der Waals surface area contributed by atoms with Crippen molar-refractivity contribution in [2.45, 2.75) is 4.90 Å². The molecule has 0 bridgehead atoms. The molecule has 0 saturated carbocycles. The average Bonchev–Trinajstić information content (AvgIpc) is 2.68. The van der Waals surface area contributed by atoms with E-state index in [-0.39, 0.29) is 16.2 Å². The summed E-state index contributed by atoms with van der Waals surface area (Å²) in [5, 5.41) is 0. The highest BCUT2D eigenvalue weighted by atomic mass is 32.2. The van der Waals surface area contributed by atoms with Gasteiger partial charge in [0.2, 0.25) is 0 Å². The fraction of sp³-hybridized carbons (Fsp3) is 0.0500. The number of hydrogen-bond acceptors (Lipinski definition) is 4. The van der Waals surface area contributed by atoms with Crippen LogP contribution in [0.4, 0.5) is 5.69 Å². The molecule has 1 N–H and O–H groups in total. The number of sulfonamides is 1. The van der Waals surface area contributed by atoms with Crippen molar-refractivity contribution in [3.63, 3.8) is 0 Å². The second-order valence-electron chi connectivity index (χ2n) is 5.53. The Bertz CT molecular complexity index is 1010. The Balaban J connectivity index is 1.96. The molecule has 26 heavy (non-hydrogen) atoms. The number of nitrogens with one attached hydrogen (secondary N) is 1. The Morgan fingerprint density at radius 2 is 1.46 bits per heavy atom. The van der Waals surface area contributed by atoms with Gasteiger partial charge in [0.1, 0.15) is 5.75 Å². The molecule has 0 spiro atoms. The fourth-order valence-electron chi connectivity index (χ4n) is 2.50. The molecule has 0 unspecified atom stereocenters. The third-order valence-electron chi connectivity index (χ3n) is 3.80. The third kappa shape index (κ3) is 3.75. The molecule has 132 valence electrons. The summed E-state index contributed by atoms with van der Waals surface area (Å²) in [7, 11) is -2.40. The number of hydrogen-bond donors (Lipinski definition) is 1. The van der Waals surface area contributed by atoms with Crippen LogP contribution >= 0.6 is 0 Å². The van der Waals surface area contributed by atoms with Gasteiger partial charge < -0.3 is 4.74 Å². The van der Waals surface area contributed by atoms with Crippen molar-refractivity contribution in [2.75, 3.05) is 11.8 Å². The zero-order chi connectivity index (χ0) is 18.6. The van der Waals surface area contributed by atoms with Gasteiger partial charge in [-0.15, -0.1) is 0 Å². The molecule has 0 fully saturated rings. The van der Waals surface area contributed by atoms with E-state index in [1.54, 1.807) is 66.7 Å². The normalized spacial score (nSPS) is 11.0. The van der Waals surface area contributed by atoms with Gasteiger partial charge >= 0.3 is 0 Å². The average molecular weight is 367 g/mol. The molecule has 0 aliphatic carbocycles. The first-order chi connectivity index (χ1) is 12.5. The highest BCUT2D eigenvalue weighted by molar-refractivity contribution is 7.92. The molecule has 3 aromatic carbocycles. The topological polar surface area (TPSA) is 72.5 Å². The van der Waals surface area contributed by atoms with Gasteiger partial charge in [0.15, 0.2) is 5.78 Å². The molecular weight excluding hydrogens is 350 g/mol. The maximum absolute atomic E-state index is 12.8. The number of carbonyl (C=O) groups is 1. The molecule has 0 aliphatic rings. The molecule has 5 nitrogen and oxygen atoms in total. The summed E-state index contributed by atoms with van der Waals surface area (Å²) in [6, 6.07) is 21.2. The molecule has 0 amide bonds. The van der Waals surface area contributed by atoms with Gasteiger partial charge in [-0.2, -0.15) is 0 Å². The molecule has 3 rings (SSSR count). The second kappa shape index (κ2) is 7.41. The first kappa shape index (κ1) is 17.7. The summed E-state index contributed by atoms with van der Waals surface area (Å²) < 4.78 is 33.2. The minimum Gasteiger partial charge on any atom is -0.497 e. The SMILES string of the molecule is COc1ccc(NS(=O)(=O)c2ccccc2C(=O)c2ccccc2)cc1. The summed E-state index contributed by atoms with van der Waals surface area (Å²) in [4.78, 5) is 12.7. The molecular formula is C20H17NO4S. The monoisotopic (exact) mass is 367 g/mol. The van der Waals surface area contributed by atoms with Crippen LogP contribution in [0.15, 0.2) is 83.8 Å². The van der Waals surface area contributed by atoms with Crippen molar-refractivity contribution in [3.05, 3.63) is 90.0 Å². The van der Waals surface area contributed by atoms with Gasteiger partial charge in [0, 0.05) is 16.8 Å². The van der Waals surface area contributed by atoms with Gasteiger partial charge in [-0.3, -0.25) is 9.52 Å². The molecule has 0 aliphatic heterocycles. The lowest BCUT2D eigenvalue weighted by Crippen LogP contribution is -2.17. The fourth-order valence-corrected chi connectivity index (χ4v) is 3.77. The van der Waals surface area contributed by atoms with E-state index in [4.69, 9.17) is 4.74 Å². The highest BCUT2D eigenvalue weighted by Gasteiger charge is 2.23. The minimum absolute atomic E-state index is 0.0651. The lowest BCUT2D eigenvalue weighted by atomic mass is 10.0. The largest absolute Gasteiger partial charge is 0.497 e. The second-order valence-corrected chi connectivity index (χ2v) is 7.18. The summed E-state index contributed by atoms with van der Waals surface area (Å²) in [5.41, 5.74) is 0.937. The van der Waals surface area contributed by atoms with Crippen LogP contribution in [-0.2, 0) is 10.0 Å². The first-order valence-electron chi connectivity index (χ1n) is 7.87. The number of methoxy groups -OCH3 is 1. The molecule has 6 heteroatoms. The maximum atomic E-state index is 12.8. The number of rotatable bonds is 6. The van der Waals surface area contributed by atoms with Crippen LogP contribution in [0.1, 0.15) is 15.9 Å². The molecule has 0 atom stereocenters. The van der Waals surface area contributed by atoms with Crippen LogP contribution in [0.25, 0.3) is 0 Å². The Kier molecular flexibility index (Phi) is 5.04. The quantitative estimate of drug-likeness (QED) is 0.674. The predicted octanol–water partition coefficient (Wildman–Crippen LogP) is 3.73. The molecule has 3 aromatic rings. The minimum atomic E-state index is -3.93. The van der Waals surface area contributed by atoms with Crippen molar-refractivity contribution in [2.24, 2.45) is 0 Å². The summed E-state index contributed by atoms with van der Waals surface area (Å²) in [6.45, 7) is 0. The van der Waals surface area contributed by atoms with E-state index in [0.29, 0.717) is 17.0 Å². The molecule has 0 heterocycles. The van der Waals surface area contributed by atoms with Gasteiger partial charge in [-0.25, -0.2) is 8.42 Å². The zero-order valence-electron chi connectivity index (χ0n) is 14.0. The standard InChI is InChI=1S/C20H17NO4S/c1-25-17-13-11-16(12-14-17)21-26(23,24)19-10-6-5-9-18(19)20(22)15-7-3-2-4-8-15/h2-14,21H,1H3. The van der Waals surface area contributed by atoms with E-state index >= 15 is 0 Å². The number of carbonyl (C=O) groups excluding carboxylic acids is 1. The van der Waals surface area contributed by atoms with Crippen molar-refractivity contribution in [1.29, 1.82) is 0 Å². The Labute approximate surface area is 152 Å². The van der Waals surface area contributed by atoms with Crippen molar-refractivity contribution in [1.82, 2.24) is 0 Å². The highest BCUT2D eigenvalue weighted by Crippen LogP contribution is 2.23. The summed E-state index contributed by atoms with van der Waals surface area (Å²) in [5.74, 6) is 0.272. The lowest BCUT2D eigenvalue weighted by Gasteiger charge is -2.12. The smallest absolute Gasteiger partial charge is 0.262 e. The Morgan fingerprint density at radius 3 is 2.12 bits per heavy atom. The van der Waals surface area contributed by atoms with E-state index in [2.05, 4.69) is 4.72 Å². The van der Waals surface area contributed by atoms with Crippen LogP contribution in [-0.4, -0.2) is 21.3 Å². The van der Waals surface area contributed by atoms with Gasteiger partial charge in [0.05, 0.1) is 12.0 Å². The molecule has 0 saturated heterocycles. The first-order valence-corrected chi connectivity index (χ1v) is 9.35. The van der Waals surface area contributed by atoms with E-state index in [1.165, 1.54) is 19.2 Å². The van der Waals surface area contributed by atoms with Gasteiger partial charge in [-0.05, 0) is 36.4 Å². The predicted molar refractivity (Wildman–Crippen MR) is 100 cm³/mol. The molecule has 0 radical (unpaired) electrons. The van der Waals surface area contributed by atoms with Gasteiger partial charge in [-0.1, -0.05) is 42.5 Å². The van der Waals surface area contributed by atoms with Crippen LogP contribution in [0, 0.1) is 0 Å². The summed E-state index contributed by atoms with van der Waals surface area (Å²) >= 11 is 0. The van der Waals surface area contributed by atoms with E-state index in [1.807, 2.05) is 0 Å². The van der Waals surface area contributed by atoms with E-state index in [0.717, 1.165) is 0 Å². The Morgan fingerprint density at radius 1 is 0.846 bits per heavy atom. The number of benzene rings is 3. The van der Waals surface area contributed by atoms with Crippen LogP contribution in [0.3, 0.4) is 0 Å². The van der Waals surface area contributed by atoms with Gasteiger partial charge in [0.25, 0.3) is 10.0 Å². The van der Waals surface area contributed by atoms with E-state index < -0.39 is 10.0 Å².